The predicted octanol–water partition coefficient (Wildman–Crippen LogP) is 1.39. The highest BCUT2D eigenvalue weighted by atomic mass is 16.5. The summed E-state index contributed by atoms with van der Waals surface area (Å²) in [7, 11) is 0. The Bertz CT molecular complexity index is 559. The van der Waals surface area contributed by atoms with Gasteiger partial charge in [0.25, 0.3) is 0 Å². The zero-order valence-electron chi connectivity index (χ0n) is 14.3. The number of rotatable bonds is 5. The van der Waals surface area contributed by atoms with Crippen LogP contribution in [0.5, 0.6) is 0 Å². The smallest absolute Gasteiger partial charge is 0.310 e. The van der Waals surface area contributed by atoms with Gasteiger partial charge in [0.2, 0.25) is 5.95 Å². The number of likely N-dealkylation sites (tertiary alicyclic amines) is 1. The van der Waals surface area contributed by atoms with Crippen molar-refractivity contribution in [3.8, 4) is 0 Å². The van der Waals surface area contributed by atoms with Gasteiger partial charge < -0.3 is 14.7 Å². The second kappa shape index (κ2) is 7.44. The van der Waals surface area contributed by atoms with Crippen LogP contribution in [0.25, 0.3) is 0 Å². The largest absolute Gasteiger partial charge is 0.481 e. The summed E-state index contributed by atoms with van der Waals surface area (Å²) in [6, 6.07) is 0. The molecule has 0 radical (unpaired) electrons. The summed E-state index contributed by atoms with van der Waals surface area (Å²) in [6.07, 6.45) is 6.08. The first-order chi connectivity index (χ1) is 11.6. The van der Waals surface area contributed by atoms with Gasteiger partial charge in [-0.3, -0.25) is 9.69 Å². The van der Waals surface area contributed by atoms with Crippen LogP contribution < -0.4 is 4.90 Å². The van der Waals surface area contributed by atoms with Gasteiger partial charge in [-0.2, -0.15) is 0 Å². The van der Waals surface area contributed by atoms with E-state index in [1.165, 1.54) is 0 Å². The third-order valence-corrected chi connectivity index (χ3v) is 5.18. The number of aromatic nitrogens is 2. The van der Waals surface area contributed by atoms with E-state index < -0.39 is 11.4 Å². The fraction of sp³-hybridized carbons (Fsp3) is 0.706. The second-order valence-electron chi connectivity index (χ2n) is 6.74. The van der Waals surface area contributed by atoms with Crippen molar-refractivity contribution in [2.24, 2.45) is 5.41 Å². The molecule has 1 N–H and O–H groups in total. The SMILES string of the molecule is CC[C@@]1(C(=O)O)CCCN(Cc2cnc(N3CCOCC3)nc2)C1. The van der Waals surface area contributed by atoms with E-state index in [4.69, 9.17) is 4.74 Å². The van der Waals surface area contributed by atoms with E-state index in [0.717, 1.165) is 44.0 Å². The molecule has 0 aliphatic carbocycles. The summed E-state index contributed by atoms with van der Waals surface area (Å²) >= 11 is 0. The van der Waals surface area contributed by atoms with Gasteiger partial charge >= 0.3 is 5.97 Å². The Morgan fingerprint density at radius 1 is 1.29 bits per heavy atom. The zero-order valence-corrected chi connectivity index (χ0v) is 14.3. The lowest BCUT2D eigenvalue weighted by molar-refractivity contribution is -0.153. The Hall–Kier alpha value is -1.73. The first kappa shape index (κ1) is 17.1. The van der Waals surface area contributed by atoms with E-state index in [1.54, 1.807) is 0 Å². The van der Waals surface area contributed by atoms with Crippen LogP contribution in [-0.2, 0) is 16.1 Å². The molecule has 0 aromatic carbocycles. The second-order valence-corrected chi connectivity index (χ2v) is 6.74. The summed E-state index contributed by atoms with van der Waals surface area (Å²) in [6.45, 7) is 7.28. The van der Waals surface area contributed by atoms with Crippen LogP contribution in [0.1, 0.15) is 31.7 Å². The van der Waals surface area contributed by atoms with Crippen molar-refractivity contribution in [1.82, 2.24) is 14.9 Å². The minimum absolute atomic E-state index is 0.601. The number of piperidine rings is 1. The third-order valence-electron chi connectivity index (χ3n) is 5.18. The lowest BCUT2D eigenvalue weighted by Gasteiger charge is -2.39. The minimum atomic E-state index is -0.673. The van der Waals surface area contributed by atoms with Crippen LogP contribution >= 0.6 is 0 Å². The molecule has 1 aromatic heterocycles. The summed E-state index contributed by atoms with van der Waals surface area (Å²) in [4.78, 5) is 25.0. The lowest BCUT2D eigenvalue weighted by atomic mass is 9.77. The van der Waals surface area contributed by atoms with Gasteiger partial charge in [0.05, 0.1) is 18.6 Å². The molecule has 2 aliphatic rings. The standard InChI is InChI=1S/C17H26N4O3/c1-2-17(15(22)23)4-3-5-20(13-17)12-14-10-18-16(19-11-14)21-6-8-24-9-7-21/h10-11H,2-9,12-13H2,1H3,(H,22,23)/t17-/m1/s1. The van der Waals surface area contributed by atoms with Gasteiger partial charge in [-0.15, -0.1) is 0 Å². The summed E-state index contributed by atoms with van der Waals surface area (Å²) in [5.74, 6) is 0.0720. The molecule has 3 rings (SSSR count). The monoisotopic (exact) mass is 334 g/mol. The molecule has 0 bridgehead atoms. The summed E-state index contributed by atoms with van der Waals surface area (Å²) in [5.41, 5.74) is 0.427. The number of hydrogen-bond donors (Lipinski definition) is 1. The number of ether oxygens (including phenoxy) is 1. The maximum atomic E-state index is 11.7. The average Bonchev–Trinajstić information content (AvgIpc) is 2.63. The maximum absolute atomic E-state index is 11.7. The number of morpholine rings is 1. The molecule has 0 spiro atoms. The van der Waals surface area contributed by atoms with E-state index in [-0.39, 0.29) is 0 Å². The Labute approximate surface area is 142 Å². The van der Waals surface area contributed by atoms with Crippen molar-refractivity contribution < 1.29 is 14.6 Å². The van der Waals surface area contributed by atoms with E-state index in [2.05, 4.69) is 19.8 Å². The van der Waals surface area contributed by atoms with Gasteiger partial charge in [0.1, 0.15) is 0 Å². The number of carboxylic acids is 1. The van der Waals surface area contributed by atoms with Gasteiger partial charge in [0.15, 0.2) is 0 Å². The lowest BCUT2D eigenvalue weighted by Crippen LogP contribution is -2.47. The van der Waals surface area contributed by atoms with E-state index in [1.807, 2.05) is 19.3 Å². The number of carbonyl (C=O) groups is 1. The van der Waals surface area contributed by atoms with Crippen molar-refractivity contribution in [1.29, 1.82) is 0 Å². The topological polar surface area (TPSA) is 78.8 Å². The van der Waals surface area contributed by atoms with Gasteiger partial charge in [-0.1, -0.05) is 6.92 Å². The third kappa shape index (κ3) is 3.67. The van der Waals surface area contributed by atoms with Gasteiger partial charge in [-0.05, 0) is 25.8 Å². The first-order valence-corrected chi connectivity index (χ1v) is 8.72. The van der Waals surface area contributed by atoms with Crippen LogP contribution in [-0.4, -0.2) is 65.3 Å². The highest BCUT2D eigenvalue weighted by Crippen LogP contribution is 2.34. The van der Waals surface area contributed by atoms with Crippen LogP contribution in [0.4, 0.5) is 5.95 Å². The first-order valence-electron chi connectivity index (χ1n) is 8.72. The fourth-order valence-corrected chi connectivity index (χ4v) is 3.59. The Morgan fingerprint density at radius 3 is 2.62 bits per heavy atom. The number of hydrogen-bond acceptors (Lipinski definition) is 6. The molecule has 3 heterocycles. The van der Waals surface area contributed by atoms with Crippen LogP contribution in [0.15, 0.2) is 12.4 Å². The number of nitrogens with zero attached hydrogens (tertiary/aromatic N) is 4. The minimum Gasteiger partial charge on any atom is -0.481 e. The molecular formula is C17H26N4O3. The number of aliphatic carboxylic acids is 1. The van der Waals surface area contributed by atoms with Gasteiger partial charge in [-0.25, -0.2) is 9.97 Å². The average molecular weight is 334 g/mol. The normalized spacial score (nSPS) is 25.6. The van der Waals surface area contributed by atoms with E-state index in [9.17, 15) is 9.90 Å². The highest BCUT2D eigenvalue weighted by molar-refractivity contribution is 5.75. The molecule has 2 fully saturated rings. The zero-order chi connectivity index (χ0) is 17.0. The molecule has 0 saturated carbocycles. The van der Waals surface area contributed by atoms with Crippen molar-refractivity contribution in [2.75, 3.05) is 44.3 Å². The molecule has 1 atom stereocenters. The molecule has 2 aliphatic heterocycles. The Kier molecular flexibility index (Phi) is 5.30. The quantitative estimate of drug-likeness (QED) is 0.871. The maximum Gasteiger partial charge on any atom is 0.310 e. The van der Waals surface area contributed by atoms with E-state index >= 15 is 0 Å². The highest BCUT2D eigenvalue weighted by Gasteiger charge is 2.40. The Balaban J connectivity index is 1.62. The Morgan fingerprint density at radius 2 is 2.00 bits per heavy atom. The van der Waals surface area contributed by atoms with Crippen molar-refractivity contribution in [2.45, 2.75) is 32.7 Å². The molecule has 0 amide bonds. The molecule has 0 unspecified atom stereocenters. The van der Waals surface area contributed by atoms with Crippen molar-refractivity contribution >= 4 is 11.9 Å². The van der Waals surface area contributed by atoms with Crippen LogP contribution in [0.3, 0.4) is 0 Å². The molecular weight excluding hydrogens is 308 g/mol. The van der Waals surface area contributed by atoms with E-state index in [0.29, 0.717) is 32.7 Å². The molecule has 7 heteroatoms. The molecule has 2 saturated heterocycles. The summed E-state index contributed by atoms with van der Waals surface area (Å²) in [5, 5.41) is 9.59. The van der Waals surface area contributed by atoms with Crippen molar-refractivity contribution in [3.63, 3.8) is 0 Å². The molecule has 7 nitrogen and oxygen atoms in total. The molecule has 132 valence electrons. The number of carboxylic acid groups (broad SMARTS) is 1. The van der Waals surface area contributed by atoms with Gasteiger partial charge in [0, 0.05) is 44.1 Å². The molecule has 1 aromatic rings. The van der Waals surface area contributed by atoms with Crippen molar-refractivity contribution in [3.05, 3.63) is 18.0 Å². The van der Waals surface area contributed by atoms with Crippen LogP contribution in [0.2, 0.25) is 0 Å². The number of anilines is 1. The molecule has 24 heavy (non-hydrogen) atoms. The summed E-state index contributed by atoms with van der Waals surface area (Å²) < 4.78 is 5.34. The predicted molar refractivity (Wildman–Crippen MR) is 89.9 cm³/mol. The fourth-order valence-electron chi connectivity index (χ4n) is 3.59. The van der Waals surface area contributed by atoms with Crippen LogP contribution in [0, 0.1) is 5.41 Å².